The molecule has 0 N–H and O–H groups in total. The molecule has 21 heavy (non-hydrogen) atoms. The number of halogens is 1. The minimum Gasteiger partial charge on any atom is -0.287 e. The normalized spacial score (nSPS) is 13.4. The number of nitrogens with zero attached hydrogens (tertiary/aromatic N) is 2. The van der Waals surface area contributed by atoms with Gasteiger partial charge in [0, 0.05) is 24.5 Å². The van der Waals surface area contributed by atoms with E-state index < -0.39 is 0 Å². The standard InChI is InChI=1S/C15H15FN2OS2/c1-2-18-14(19)13-12(7-8-20-13)17-15(18)21-9-10-5-3-4-6-11(10)16/h3-6H,2,7-9H2,1H3. The van der Waals surface area contributed by atoms with E-state index in [1.54, 1.807) is 28.5 Å². The predicted octanol–water partition coefficient (Wildman–Crippen LogP) is 3.34. The number of aromatic nitrogens is 2. The van der Waals surface area contributed by atoms with Crippen molar-refractivity contribution in [2.24, 2.45) is 0 Å². The van der Waals surface area contributed by atoms with Crippen LogP contribution in [0.4, 0.5) is 4.39 Å². The van der Waals surface area contributed by atoms with Gasteiger partial charge in [-0.1, -0.05) is 30.0 Å². The first-order valence-electron chi connectivity index (χ1n) is 6.83. The molecule has 2 aromatic rings. The van der Waals surface area contributed by atoms with Crippen LogP contribution >= 0.6 is 23.5 Å². The van der Waals surface area contributed by atoms with Gasteiger partial charge in [0.25, 0.3) is 5.56 Å². The number of hydrogen-bond donors (Lipinski definition) is 0. The first-order chi connectivity index (χ1) is 10.2. The third-order valence-electron chi connectivity index (χ3n) is 3.38. The van der Waals surface area contributed by atoms with Crippen LogP contribution < -0.4 is 5.56 Å². The Labute approximate surface area is 131 Å². The van der Waals surface area contributed by atoms with Crippen molar-refractivity contribution in [3.05, 3.63) is 51.7 Å². The van der Waals surface area contributed by atoms with E-state index in [9.17, 15) is 9.18 Å². The Kier molecular flexibility index (Phi) is 4.35. The molecule has 0 spiro atoms. The zero-order valence-corrected chi connectivity index (χ0v) is 13.3. The molecular formula is C15H15FN2OS2. The van der Waals surface area contributed by atoms with Crippen molar-refractivity contribution in [1.29, 1.82) is 0 Å². The van der Waals surface area contributed by atoms with Crippen LogP contribution in [0.2, 0.25) is 0 Å². The van der Waals surface area contributed by atoms with Crippen molar-refractivity contribution >= 4 is 23.5 Å². The second-order valence-corrected chi connectivity index (χ2v) is 6.75. The van der Waals surface area contributed by atoms with Crippen LogP contribution in [0.3, 0.4) is 0 Å². The van der Waals surface area contributed by atoms with Gasteiger partial charge in [-0.15, -0.1) is 11.8 Å². The number of aryl methyl sites for hydroxylation is 1. The van der Waals surface area contributed by atoms with Gasteiger partial charge in [-0.3, -0.25) is 9.36 Å². The van der Waals surface area contributed by atoms with E-state index in [-0.39, 0.29) is 11.4 Å². The average Bonchev–Trinajstić information content (AvgIpc) is 2.95. The molecule has 0 aliphatic carbocycles. The molecule has 0 unspecified atom stereocenters. The molecule has 3 rings (SSSR count). The Balaban J connectivity index is 1.91. The molecule has 3 nitrogen and oxygen atoms in total. The van der Waals surface area contributed by atoms with Crippen molar-refractivity contribution in [2.75, 3.05) is 5.75 Å². The molecule has 1 aromatic carbocycles. The van der Waals surface area contributed by atoms with Crippen LogP contribution in [0.25, 0.3) is 0 Å². The summed E-state index contributed by atoms with van der Waals surface area (Å²) in [5, 5.41) is 0.687. The molecule has 0 saturated carbocycles. The highest BCUT2D eigenvalue weighted by molar-refractivity contribution is 7.99. The molecule has 0 amide bonds. The van der Waals surface area contributed by atoms with Crippen LogP contribution in [0.1, 0.15) is 18.2 Å². The lowest BCUT2D eigenvalue weighted by Gasteiger charge is -2.11. The van der Waals surface area contributed by atoms with Gasteiger partial charge in [0.05, 0.1) is 10.6 Å². The van der Waals surface area contributed by atoms with E-state index in [0.717, 1.165) is 22.8 Å². The summed E-state index contributed by atoms with van der Waals surface area (Å²) in [5.41, 5.74) is 1.57. The zero-order chi connectivity index (χ0) is 14.8. The van der Waals surface area contributed by atoms with Gasteiger partial charge in [-0.05, 0) is 18.6 Å². The lowest BCUT2D eigenvalue weighted by molar-refractivity contribution is 0.596. The van der Waals surface area contributed by atoms with E-state index in [0.29, 0.717) is 23.0 Å². The first kappa shape index (κ1) is 14.7. The highest BCUT2D eigenvalue weighted by Gasteiger charge is 2.21. The van der Waals surface area contributed by atoms with Gasteiger partial charge < -0.3 is 0 Å². The molecule has 0 fully saturated rings. The fourth-order valence-electron chi connectivity index (χ4n) is 2.27. The first-order valence-corrected chi connectivity index (χ1v) is 8.80. The quantitative estimate of drug-likeness (QED) is 0.639. The van der Waals surface area contributed by atoms with Gasteiger partial charge in [0.2, 0.25) is 0 Å². The van der Waals surface area contributed by atoms with Crippen molar-refractivity contribution in [3.8, 4) is 0 Å². The smallest absolute Gasteiger partial charge is 0.268 e. The van der Waals surface area contributed by atoms with Crippen molar-refractivity contribution in [1.82, 2.24) is 9.55 Å². The van der Waals surface area contributed by atoms with E-state index >= 15 is 0 Å². The fourth-order valence-corrected chi connectivity index (χ4v) is 4.38. The van der Waals surface area contributed by atoms with Crippen LogP contribution in [0, 0.1) is 5.82 Å². The minimum atomic E-state index is -0.216. The summed E-state index contributed by atoms with van der Waals surface area (Å²) in [7, 11) is 0. The van der Waals surface area contributed by atoms with Crippen LogP contribution in [0.15, 0.2) is 39.1 Å². The second-order valence-electron chi connectivity index (χ2n) is 4.70. The predicted molar refractivity (Wildman–Crippen MR) is 84.6 cm³/mol. The SMILES string of the molecule is CCn1c(SCc2ccccc2F)nc2c(c1=O)SCC2. The summed E-state index contributed by atoms with van der Waals surface area (Å²) in [5.74, 6) is 1.18. The maximum absolute atomic E-state index is 13.7. The van der Waals surface area contributed by atoms with Crippen LogP contribution in [-0.4, -0.2) is 15.3 Å². The lowest BCUT2D eigenvalue weighted by atomic mass is 10.2. The van der Waals surface area contributed by atoms with Crippen molar-refractivity contribution in [2.45, 2.75) is 35.7 Å². The molecule has 1 aliphatic heterocycles. The van der Waals surface area contributed by atoms with Gasteiger partial charge in [-0.2, -0.15) is 0 Å². The monoisotopic (exact) mass is 322 g/mol. The summed E-state index contributed by atoms with van der Waals surface area (Å²) in [4.78, 5) is 17.8. The molecule has 6 heteroatoms. The van der Waals surface area contributed by atoms with Crippen LogP contribution in [-0.2, 0) is 18.7 Å². The van der Waals surface area contributed by atoms with Gasteiger partial charge in [0.15, 0.2) is 5.16 Å². The van der Waals surface area contributed by atoms with Gasteiger partial charge in [0.1, 0.15) is 5.82 Å². The maximum atomic E-state index is 13.7. The topological polar surface area (TPSA) is 34.9 Å². The summed E-state index contributed by atoms with van der Waals surface area (Å²) in [6.45, 7) is 2.52. The molecular weight excluding hydrogens is 307 g/mol. The van der Waals surface area contributed by atoms with E-state index in [2.05, 4.69) is 4.98 Å². The third kappa shape index (κ3) is 2.87. The zero-order valence-electron chi connectivity index (χ0n) is 11.6. The highest BCUT2D eigenvalue weighted by atomic mass is 32.2. The molecule has 110 valence electrons. The second kappa shape index (κ2) is 6.23. The number of thioether (sulfide) groups is 2. The Bertz CT molecular complexity index is 730. The van der Waals surface area contributed by atoms with Gasteiger partial charge >= 0.3 is 0 Å². The molecule has 1 aliphatic rings. The van der Waals surface area contributed by atoms with E-state index in [1.807, 2.05) is 13.0 Å². The summed E-state index contributed by atoms with van der Waals surface area (Å²) in [6, 6.07) is 6.71. The fraction of sp³-hybridized carbons (Fsp3) is 0.333. The minimum absolute atomic E-state index is 0.0426. The molecule has 0 atom stereocenters. The number of rotatable bonds is 4. The van der Waals surface area contributed by atoms with E-state index in [4.69, 9.17) is 0 Å². The number of fused-ring (bicyclic) bond motifs is 1. The molecule has 0 bridgehead atoms. The molecule has 0 saturated heterocycles. The molecule has 2 heterocycles. The van der Waals surface area contributed by atoms with Crippen molar-refractivity contribution in [3.63, 3.8) is 0 Å². The Morgan fingerprint density at radius 1 is 1.43 bits per heavy atom. The lowest BCUT2D eigenvalue weighted by Crippen LogP contribution is -2.24. The number of hydrogen-bond acceptors (Lipinski definition) is 4. The Morgan fingerprint density at radius 2 is 2.24 bits per heavy atom. The van der Waals surface area contributed by atoms with Crippen molar-refractivity contribution < 1.29 is 4.39 Å². The Hall–Kier alpha value is -1.27. The highest BCUT2D eigenvalue weighted by Crippen LogP contribution is 2.29. The van der Waals surface area contributed by atoms with Gasteiger partial charge in [-0.25, -0.2) is 9.37 Å². The summed E-state index contributed by atoms with van der Waals surface area (Å²) >= 11 is 3.01. The Morgan fingerprint density at radius 3 is 3.00 bits per heavy atom. The molecule has 1 aromatic heterocycles. The summed E-state index contributed by atoms with van der Waals surface area (Å²) < 4.78 is 15.4. The van der Waals surface area contributed by atoms with E-state index in [1.165, 1.54) is 17.8 Å². The largest absolute Gasteiger partial charge is 0.287 e. The number of benzene rings is 1. The average molecular weight is 322 g/mol. The molecule has 0 radical (unpaired) electrons. The third-order valence-corrected chi connectivity index (χ3v) is 5.51. The summed E-state index contributed by atoms with van der Waals surface area (Å²) in [6.07, 6.45) is 0.840. The van der Waals surface area contributed by atoms with Crippen LogP contribution in [0.5, 0.6) is 0 Å². The maximum Gasteiger partial charge on any atom is 0.268 e.